The fourth-order valence-corrected chi connectivity index (χ4v) is 2.86. The van der Waals surface area contributed by atoms with Gasteiger partial charge in [-0.25, -0.2) is 0 Å². The highest BCUT2D eigenvalue weighted by molar-refractivity contribution is 5.76. The number of nitrogens with one attached hydrogen (secondary N) is 1. The van der Waals surface area contributed by atoms with Gasteiger partial charge in [0.1, 0.15) is 5.75 Å². The predicted molar refractivity (Wildman–Crippen MR) is 82.4 cm³/mol. The molecule has 4 heteroatoms. The number of carbonyl (C=O) groups excluding carboxylic acids is 1. The zero-order chi connectivity index (χ0) is 15.2. The second-order valence-corrected chi connectivity index (χ2v) is 5.88. The standard InChI is InChI=1S/C17H25NO3/c1-12-5-3-6-13(2)17(12)21-10-9-16(20)18-11-14-7-4-8-15(14)19/h3,5-6,14-15,19H,4,7-11H2,1-2H3,(H,18,20). The van der Waals surface area contributed by atoms with Gasteiger partial charge in [-0.3, -0.25) is 4.79 Å². The van der Waals surface area contributed by atoms with Crippen molar-refractivity contribution in [1.82, 2.24) is 5.32 Å². The highest BCUT2D eigenvalue weighted by Gasteiger charge is 2.25. The zero-order valence-corrected chi connectivity index (χ0v) is 12.9. The maximum atomic E-state index is 11.8. The maximum absolute atomic E-state index is 11.8. The summed E-state index contributed by atoms with van der Waals surface area (Å²) >= 11 is 0. The molecule has 0 spiro atoms. The van der Waals surface area contributed by atoms with Crippen molar-refractivity contribution in [3.8, 4) is 5.75 Å². The van der Waals surface area contributed by atoms with E-state index in [1.54, 1.807) is 0 Å². The number of benzene rings is 1. The zero-order valence-electron chi connectivity index (χ0n) is 12.9. The van der Waals surface area contributed by atoms with E-state index in [1.165, 1.54) is 0 Å². The monoisotopic (exact) mass is 291 g/mol. The van der Waals surface area contributed by atoms with Gasteiger partial charge in [0.2, 0.25) is 5.91 Å². The van der Waals surface area contributed by atoms with Crippen molar-refractivity contribution in [2.45, 2.75) is 45.6 Å². The lowest BCUT2D eigenvalue weighted by Crippen LogP contribution is -2.33. The lowest BCUT2D eigenvalue weighted by molar-refractivity contribution is -0.121. The van der Waals surface area contributed by atoms with Crippen LogP contribution in [0.5, 0.6) is 5.75 Å². The third kappa shape index (κ3) is 4.46. The first-order valence-corrected chi connectivity index (χ1v) is 7.71. The van der Waals surface area contributed by atoms with E-state index in [-0.39, 0.29) is 17.9 Å². The van der Waals surface area contributed by atoms with Crippen LogP contribution in [0.4, 0.5) is 0 Å². The van der Waals surface area contributed by atoms with Gasteiger partial charge in [0.05, 0.1) is 19.1 Å². The molecule has 1 aromatic rings. The van der Waals surface area contributed by atoms with E-state index in [0.29, 0.717) is 19.6 Å². The summed E-state index contributed by atoms with van der Waals surface area (Å²) in [6, 6.07) is 6.00. The first kappa shape index (κ1) is 15.8. The van der Waals surface area contributed by atoms with E-state index < -0.39 is 0 Å². The van der Waals surface area contributed by atoms with Crippen molar-refractivity contribution in [3.05, 3.63) is 29.3 Å². The molecule has 0 bridgehead atoms. The largest absolute Gasteiger partial charge is 0.493 e. The third-order valence-corrected chi connectivity index (χ3v) is 4.16. The minimum absolute atomic E-state index is 0.0136. The van der Waals surface area contributed by atoms with Crippen LogP contribution in [-0.4, -0.2) is 30.3 Å². The molecule has 2 atom stereocenters. The van der Waals surface area contributed by atoms with Crippen LogP contribution >= 0.6 is 0 Å². The molecule has 2 rings (SSSR count). The lowest BCUT2D eigenvalue weighted by Gasteiger charge is -2.15. The smallest absolute Gasteiger partial charge is 0.223 e. The Balaban J connectivity index is 1.69. The van der Waals surface area contributed by atoms with Crippen LogP contribution in [0.2, 0.25) is 0 Å². The van der Waals surface area contributed by atoms with Crippen molar-refractivity contribution >= 4 is 5.91 Å². The van der Waals surface area contributed by atoms with Crippen LogP contribution in [0.25, 0.3) is 0 Å². The van der Waals surface area contributed by atoms with Crippen LogP contribution in [0.1, 0.15) is 36.8 Å². The van der Waals surface area contributed by atoms with E-state index in [0.717, 1.165) is 36.1 Å². The minimum Gasteiger partial charge on any atom is -0.493 e. The molecule has 2 N–H and O–H groups in total. The maximum Gasteiger partial charge on any atom is 0.223 e. The molecule has 0 heterocycles. The quantitative estimate of drug-likeness (QED) is 0.846. The SMILES string of the molecule is Cc1cccc(C)c1OCCC(=O)NCC1CCCC1O. The Labute approximate surface area is 126 Å². The van der Waals surface area contributed by atoms with Crippen molar-refractivity contribution in [2.24, 2.45) is 5.92 Å². The number of aryl methyl sites for hydroxylation is 2. The number of para-hydroxylation sites is 1. The molecule has 1 fully saturated rings. The summed E-state index contributed by atoms with van der Waals surface area (Å²) < 4.78 is 5.72. The fraction of sp³-hybridized carbons (Fsp3) is 0.588. The summed E-state index contributed by atoms with van der Waals surface area (Å²) in [6.45, 7) is 4.96. The predicted octanol–water partition coefficient (Wildman–Crippen LogP) is 2.35. The molecule has 4 nitrogen and oxygen atoms in total. The Bertz CT molecular complexity index is 467. The summed E-state index contributed by atoms with van der Waals surface area (Å²) in [7, 11) is 0. The van der Waals surface area contributed by atoms with Crippen LogP contribution in [0.3, 0.4) is 0 Å². The average Bonchev–Trinajstić information content (AvgIpc) is 2.85. The molecule has 2 unspecified atom stereocenters. The molecule has 0 saturated heterocycles. The van der Waals surface area contributed by atoms with E-state index >= 15 is 0 Å². The number of hydrogen-bond acceptors (Lipinski definition) is 3. The Kier molecular flexibility index (Phi) is 5.62. The van der Waals surface area contributed by atoms with Crippen molar-refractivity contribution < 1.29 is 14.6 Å². The van der Waals surface area contributed by atoms with Crippen LogP contribution in [0, 0.1) is 19.8 Å². The second kappa shape index (κ2) is 7.46. The number of carbonyl (C=O) groups is 1. The summed E-state index contributed by atoms with van der Waals surface area (Å²) in [4.78, 5) is 11.8. The number of hydrogen-bond donors (Lipinski definition) is 2. The molecule has 0 aliphatic heterocycles. The highest BCUT2D eigenvalue weighted by Crippen LogP contribution is 2.24. The molecule has 1 amide bonds. The van der Waals surface area contributed by atoms with Crippen molar-refractivity contribution in [3.63, 3.8) is 0 Å². The number of aliphatic hydroxyl groups excluding tert-OH is 1. The van der Waals surface area contributed by atoms with Gasteiger partial charge in [-0.2, -0.15) is 0 Å². The van der Waals surface area contributed by atoms with Gasteiger partial charge >= 0.3 is 0 Å². The van der Waals surface area contributed by atoms with E-state index in [4.69, 9.17) is 4.74 Å². The topological polar surface area (TPSA) is 58.6 Å². The van der Waals surface area contributed by atoms with Gasteiger partial charge in [0.25, 0.3) is 0 Å². The van der Waals surface area contributed by atoms with E-state index in [1.807, 2.05) is 32.0 Å². The molecule has 0 radical (unpaired) electrons. The molecule has 116 valence electrons. The molecule has 1 saturated carbocycles. The van der Waals surface area contributed by atoms with Gasteiger partial charge in [-0.15, -0.1) is 0 Å². The van der Waals surface area contributed by atoms with Crippen molar-refractivity contribution in [2.75, 3.05) is 13.2 Å². The Morgan fingerprint density at radius 1 is 1.33 bits per heavy atom. The average molecular weight is 291 g/mol. The second-order valence-electron chi connectivity index (χ2n) is 5.88. The van der Waals surface area contributed by atoms with Gasteiger partial charge in [0, 0.05) is 12.5 Å². The molecular formula is C17H25NO3. The number of amides is 1. The van der Waals surface area contributed by atoms with E-state index in [9.17, 15) is 9.90 Å². The van der Waals surface area contributed by atoms with Crippen LogP contribution in [0.15, 0.2) is 18.2 Å². The molecule has 1 aromatic carbocycles. The minimum atomic E-state index is -0.254. The molecule has 21 heavy (non-hydrogen) atoms. The summed E-state index contributed by atoms with van der Waals surface area (Å²) in [5.41, 5.74) is 2.17. The van der Waals surface area contributed by atoms with E-state index in [2.05, 4.69) is 5.32 Å². The van der Waals surface area contributed by atoms with Crippen LogP contribution in [-0.2, 0) is 4.79 Å². The van der Waals surface area contributed by atoms with Crippen LogP contribution < -0.4 is 10.1 Å². The number of ether oxygens (including phenoxy) is 1. The normalized spacial score (nSPS) is 21.3. The summed E-state index contributed by atoms with van der Waals surface area (Å²) in [6.07, 6.45) is 3.00. The van der Waals surface area contributed by atoms with Gasteiger partial charge in [-0.1, -0.05) is 24.6 Å². The molecular weight excluding hydrogens is 266 g/mol. The first-order valence-electron chi connectivity index (χ1n) is 7.71. The fourth-order valence-electron chi connectivity index (χ4n) is 2.86. The third-order valence-electron chi connectivity index (χ3n) is 4.16. The molecule has 1 aliphatic rings. The Hall–Kier alpha value is -1.55. The van der Waals surface area contributed by atoms with Gasteiger partial charge in [-0.05, 0) is 37.8 Å². The lowest BCUT2D eigenvalue weighted by atomic mass is 10.1. The Morgan fingerprint density at radius 2 is 2.05 bits per heavy atom. The van der Waals surface area contributed by atoms with Crippen molar-refractivity contribution in [1.29, 1.82) is 0 Å². The Morgan fingerprint density at radius 3 is 2.67 bits per heavy atom. The summed E-state index contributed by atoms with van der Waals surface area (Å²) in [5.74, 6) is 1.07. The molecule has 1 aliphatic carbocycles. The number of aliphatic hydroxyl groups is 1. The van der Waals surface area contributed by atoms with Gasteiger partial charge < -0.3 is 15.2 Å². The highest BCUT2D eigenvalue weighted by atomic mass is 16.5. The molecule has 0 aromatic heterocycles. The van der Waals surface area contributed by atoms with Gasteiger partial charge in [0.15, 0.2) is 0 Å². The summed E-state index contributed by atoms with van der Waals surface area (Å²) in [5, 5.41) is 12.6. The number of rotatable bonds is 6. The first-order chi connectivity index (χ1) is 10.1.